The SMILES string of the molecule is CC1CCCN(CC2CCN(C(=O)Nc3cccc(Cl)c3)CC2)C1. The first kappa shape index (κ1) is 17.6. The maximum absolute atomic E-state index is 12.4. The van der Waals surface area contributed by atoms with Crippen LogP contribution in [-0.4, -0.2) is 48.6 Å². The van der Waals surface area contributed by atoms with Gasteiger partial charge in [0, 0.05) is 36.9 Å². The fourth-order valence-corrected chi connectivity index (χ4v) is 4.10. The molecule has 1 aromatic rings. The van der Waals surface area contributed by atoms with E-state index < -0.39 is 0 Å². The molecule has 0 aromatic heterocycles. The molecule has 4 nitrogen and oxygen atoms in total. The first-order valence-corrected chi connectivity index (χ1v) is 9.52. The van der Waals surface area contributed by atoms with Crippen molar-refractivity contribution in [1.29, 1.82) is 0 Å². The van der Waals surface area contributed by atoms with Gasteiger partial charge in [-0.05, 0) is 62.3 Å². The zero-order valence-electron chi connectivity index (χ0n) is 14.5. The van der Waals surface area contributed by atoms with Crippen molar-refractivity contribution in [3.63, 3.8) is 0 Å². The van der Waals surface area contributed by atoms with E-state index >= 15 is 0 Å². The lowest BCUT2D eigenvalue weighted by molar-refractivity contribution is 0.125. The molecule has 2 fully saturated rings. The number of benzene rings is 1. The molecule has 132 valence electrons. The van der Waals surface area contributed by atoms with Crippen LogP contribution in [0.25, 0.3) is 0 Å². The predicted molar refractivity (Wildman–Crippen MR) is 99.6 cm³/mol. The number of hydrogen-bond donors (Lipinski definition) is 1. The molecule has 2 aliphatic rings. The number of urea groups is 1. The standard InChI is InChI=1S/C19H28ClN3O/c1-15-4-3-9-22(13-15)14-16-7-10-23(11-8-16)19(24)21-18-6-2-5-17(20)12-18/h2,5-6,12,15-16H,3-4,7-11,13-14H2,1H3,(H,21,24). The van der Waals surface area contributed by atoms with E-state index in [4.69, 9.17) is 11.6 Å². The highest BCUT2D eigenvalue weighted by Crippen LogP contribution is 2.23. The van der Waals surface area contributed by atoms with Gasteiger partial charge in [-0.25, -0.2) is 4.79 Å². The molecule has 2 amide bonds. The molecule has 1 N–H and O–H groups in total. The Labute approximate surface area is 150 Å². The molecular weight excluding hydrogens is 322 g/mol. The molecule has 0 radical (unpaired) electrons. The van der Waals surface area contributed by atoms with Crippen molar-refractivity contribution < 1.29 is 4.79 Å². The highest BCUT2D eigenvalue weighted by atomic mass is 35.5. The number of likely N-dealkylation sites (tertiary alicyclic amines) is 2. The molecule has 1 aromatic carbocycles. The van der Waals surface area contributed by atoms with Crippen LogP contribution in [0.2, 0.25) is 5.02 Å². The van der Waals surface area contributed by atoms with E-state index in [0.29, 0.717) is 5.02 Å². The van der Waals surface area contributed by atoms with Crippen LogP contribution in [0.3, 0.4) is 0 Å². The summed E-state index contributed by atoms with van der Waals surface area (Å²) in [4.78, 5) is 16.9. The molecule has 1 unspecified atom stereocenters. The minimum Gasteiger partial charge on any atom is -0.325 e. The molecule has 0 spiro atoms. The molecule has 2 saturated heterocycles. The number of anilines is 1. The number of nitrogens with one attached hydrogen (secondary N) is 1. The molecule has 3 rings (SSSR count). The summed E-state index contributed by atoms with van der Waals surface area (Å²) in [6.45, 7) is 7.75. The maximum Gasteiger partial charge on any atom is 0.321 e. The van der Waals surface area contributed by atoms with Gasteiger partial charge in [-0.1, -0.05) is 24.6 Å². The van der Waals surface area contributed by atoms with Gasteiger partial charge in [0.05, 0.1) is 0 Å². The molecular formula is C19H28ClN3O. The van der Waals surface area contributed by atoms with Gasteiger partial charge in [-0.2, -0.15) is 0 Å². The smallest absolute Gasteiger partial charge is 0.321 e. The van der Waals surface area contributed by atoms with Crippen LogP contribution in [-0.2, 0) is 0 Å². The Balaban J connectivity index is 1.43. The van der Waals surface area contributed by atoms with Gasteiger partial charge in [0.1, 0.15) is 0 Å². The molecule has 0 aliphatic carbocycles. The van der Waals surface area contributed by atoms with Crippen LogP contribution < -0.4 is 5.32 Å². The lowest BCUT2D eigenvalue weighted by Crippen LogP contribution is -2.44. The van der Waals surface area contributed by atoms with Crippen molar-refractivity contribution in [2.45, 2.75) is 32.6 Å². The van der Waals surface area contributed by atoms with E-state index in [1.165, 1.54) is 32.5 Å². The monoisotopic (exact) mass is 349 g/mol. The molecule has 2 aliphatic heterocycles. The molecule has 0 saturated carbocycles. The van der Waals surface area contributed by atoms with Crippen LogP contribution in [0.4, 0.5) is 10.5 Å². The molecule has 0 bridgehead atoms. The summed E-state index contributed by atoms with van der Waals surface area (Å²) in [6.07, 6.45) is 4.92. The fraction of sp³-hybridized carbons (Fsp3) is 0.632. The zero-order chi connectivity index (χ0) is 16.9. The third kappa shape index (κ3) is 4.87. The van der Waals surface area contributed by atoms with Crippen molar-refractivity contribution >= 4 is 23.3 Å². The molecule has 1 atom stereocenters. The van der Waals surface area contributed by atoms with Gasteiger partial charge in [0.2, 0.25) is 0 Å². The van der Waals surface area contributed by atoms with E-state index in [9.17, 15) is 4.79 Å². The second-order valence-electron chi connectivity index (χ2n) is 7.38. The average Bonchev–Trinajstić information content (AvgIpc) is 2.55. The number of nitrogens with zero attached hydrogens (tertiary/aromatic N) is 2. The van der Waals surface area contributed by atoms with E-state index in [0.717, 1.165) is 43.5 Å². The average molecular weight is 350 g/mol. The van der Waals surface area contributed by atoms with E-state index in [-0.39, 0.29) is 6.03 Å². The quantitative estimate of drug-likeness (QED) is 0.882. The zero-order valence-corrected chi connectivity index (χ0v) is 15.3. The number of carbonyl (C=O) groups excluding carboxylic acids is 1. The second kappa shape index (κ2) is 8.21. The van der Waals surface area contributed by atoms with Crippen LogP contribution in [0.15, 0.2) is 24.3 Å². The summed E-state index contributed by atoms with van der Waals surface area (Å²) in [5, 5.41) is 3.59. The number of halogens is 1. The van der Waals surface area contributed by atoms with E-state index in [1.807, 2.05) is 23.1 Å². The summed E-state index contributed by atoms with van der Waals surface area (Å²) in [7, 11) is 0. The number of amides is 2. The fourth-order valence-electron chi connectivity index (χ4n) is 3.91. The van der Waals surface area contributed by atoms with Gasteiger partial charge < -0.3 is 15.1 Å². The summed E-state index contributed by atoms with van der Waals surface area (Å²) in [5.41, 5.74) is 0.761. The van der Waals surface area contributed by atoms with Crippen molar-refractivity contribution in [3.8, 4) is 0 Å². The van der Waals surface area contributed by atoms with Crippen molar-refractivity contribution in [1.82, 2.24) is 9.80 Å². The minimum absolute atomic E-state index is 0.0117. The summed E-state index contributed by atoms with van der Waals surface area (Å²) < 4.78 is 0. The van der Waals surface area contributed by atoms with Crippen LogP contribution >= 0.6 is 11.6 Å². The third-order valence-electron chi connectivity index (χ3n) is 5.24. The highest BCUT2D eigenvalue weighted by molar-refractivity contribution is 6.30. The molecule has 5 heteroatoms. The van der Waals surface area contributed by atoms with E-state index in [2.05, 4.69) is 17.1 Å². The summed E-state index contributed by atoms with van der Waals surface area (Å²) in [6, 6.07) is 7.30. The number of rotatable bonds is 3. The summed E-state index contributed by atoms with van der Waals surface area (Å²) in [5.74, 6) is 1.56. The molecule has 2 heterocycles. The van der Waals surface area contributed by atoms with Crippen LogP contribution in [0, 0.1) is 11.8 Å². The lowest BCUT2D eigenvalue weighted by atomic mass is 9.94. The van der Waals surface area contributed by atoms with Gasteiger partial charge in [0.15, 0.2) is 0 Å². The normalized spacial score (nSPS) is 23.2. The van der Waals surface area contributed by atoms with Crippen molar-refractivity contribution in [3.05, 3.63) is 29.3 Å². The lowest BCUT2D eigenvalue weighted by Gasteiger charge is -2.37. The Bertz CT molecular complexity index is 557. The Kier molecular flexibility index (Phi) is 6.01. The Morgan fingerprint density at radius 3 is 2.75 bits per heavy atom. The van der Waals surface area contributed by atoms with Gasteiger partial charge in [-0.15, -0.1) is 0 Å². The van der Waals surface area contributed by atoms with Gasteiger partial charge >= 0.3 is 6.03 Å². The largest absolute Gasteiger partial charge is 0.325 e. The minimum atomic E-state index is -0.0117. The maximum atomic E-state index is 12.4. The van der Waals surface area contributed by atoms with Crippen LogP contribution in [0.1, 0.15) is 32.6 Å². The summed E-state index contributed by atoms with van der Waals surface area (Å²) >= 11 is 5.97. The highest BCUT2D eigenvalue weighted by Gasteiger charge is 2.25. The van der Waals surface area contributed by atoms with E-state index in [1.54, 1.807) is 6.07 Å². The number of piperidine rings is 2. The first-order valence-electron chi connectivity index (χ1n) is 9.14. The number of hydrogen-bond acceptors (Lipinski definition) is 2. The van der Waals surface area contributed by atoms with Crippen molar-refractivity contribution in [2.24, 2.45) is 11.8 Å². The van der Waals surface area contributed by atoms with Gasteiger partial charge in [-0.3, -0.25) is 0 Å². The molecule has 24 heavy (non-hydrogen) atoms. The Morgan fingerprint density at radius 1 is 1.25 bits per heavy atom. The van der Waals surface area contributed by atoms with Crippen molar-refractivity contribution in [2.75, 3.05) is 38.0 Å². The van der Waals surface area contributed by atoms with Gasteiger partial charge in [0.25, 0.3) is 0 Å². The van der Waals surface area contributed by atoms with Crippen LogP contribution in [0.5, 0.6) is 0 Å². The predicted octanol–water partition coefficient (Wildman–Crippen LogP) is 4.32. The topological polar surface area (TPSA) is 35.6 Å². The Morgan fingerprint density at radius 2 is 2.04 bits per heavy atom. The first-order chi connectivity index (χ1) is 11.6. The number of carbonyl (C=O) groups is 1. The second-order valence-corrected chi connectivity index (χ2v) is 7.81. The third-order valence-corrected chi connectivity index (χ3v) is 5.47. The Hall–Kier alpha value is -1.26.